The van der Waals surface area contributed by atoms with Crippen molar-refractivity contribution in [2.24, 2.45) is 11.8 Å². The van der Waals surface area contributed by atoms with Crippen molar-refractivity contribution in [3.05, 3.63) is 35.9 Å². The second kappa shape index (κ2) is 5.22. The van der Waals surface area contributed by atoms with E-state index in [2.05, 4.69) is 62.9 Å². The van der Waals surface area contributed by atoms with E-state index >= 15 is 0 Å². The first-order valence-corrected chi connectivity index (χ1v) is 6.88. The summed E-state index contributed by atoms with van der Waals surface area (Å²) < 4.78 is 0. The lowest BCUT2D eigenvalue weighted by Crippen LogP contribution is -2.28. The average Bonchev–Trinajstić information content (AvgIpc) is 2.75. The molecule has 0 spiro atoms. The minimum absolute atomic E-state index is 0.671. The fourth-order valence-corrected chi connectivity index (χ4v) is 3.01. The lowest BCUT2D eigenvalue weighted by Gasteiger charge is -2.22. The molecule has 1 aromatic carbocycles. The standard InChI is InChI=1S/C16H25N/c1-12(2)15-10-17(13(3)4)11-16(15)14-8-6-5-7-9-14/h5-9,12-13,15-16H,10-11H2,1-4H3/t15-,16-/m1/s1. The zero-order chi connectivity index (χ0) is 12.4. The Bertz CT molecular complexity index is 342. The van der Waals surface area contributed by atoms with Gasteiger partial charge in [-0.2, -0.15) is 0 Å². The summed E-state index contributed by atoms with van der Waals surface area (Å²) in [6, 6.07) is 11.7. The van der Waals surface area contributed by atoms with Crippen LogP contribution in [-0.2, 0) is 0 Å². The van der Waals surface area contributed by atoms with Crippen molar-refractivity contribution in [1.29, 1.82) is 0 Å². The van der Waals surface area contributed by atoms with Gasteiger partial charge in [0.1, 0.15) is 0 Å². The number of nitrogens with zero attached hydrogens (tertiary/aromatic N) is 1. The molecule has 0 radical (unpaired) electrons. The molecule has 1 saturated heterocycles. The Labute approximate surface area is 106 Å². The Balaban J connectivity index is 2.20. The van der Waals surface area contributed by atoms with Crippen LogP contribution in [0.3, 0.4) is 0 Å². The summed E-state index contributed by atoms with van der Waals surface area (Å²) >= 11 is 0. The topological polar surface area (TPSA) is 3.24 Å². The molecule has 94 valence electrons. The van der Waals surface area contributed by atoms with Crippen LogP contribution in [0.2, 0.25) is 0 Å². The molecular formula is C16H25N. The summed E-state index contributed by atoms with van der Waals surface area (Å²) in [6.45, 7) is 11.8. The third kappa shape index (κ3) is 2.71. The van der Waals surface area contributed by atoms with E-state index in [1.165, 1.54) is 18.7 Å². The van der Waals surface area contributed by atoms with Gasteiger partial charge in [0, 0.05) is 25.0 Å². The average molecular weight is 231 g/mol. The maximum atomic E-state index is 2.63. The molecule has 17 heavy (non-hydrogen) atoms. The molecule has 2 rings (SSSR count). The second-order valence-corrected chi connectivity index (χ2v) is 5.97. The van der Waals surface area contributed by atoms with Crippen LogP contribution in [0.1, 0.15) is 39.2 Å². The van der Waals surface area contributed by atoms with Crippen LogP contribution in [-0.4, -0.2) is 24.0 Å². The molecule has 0 bridgehead atoms. The minimum atomic E-state index is 0.671. The molecule has 1 heterocycles. The van der Waals surface area contributed by atoms with Gasteiger partial charge >= 0.3 is 0 Å². The number of hydrogen-bond donors (Lipinski definition) is 0. The van der Waals surface area contributed by atoms with Crippen LogP contribution in [0.5, 0.6) is 0 Å². The van der Waals surface area contributed by atoms with E-state index < -0.39 is 0 Å². The monoisotopic (exact) mass is 231 g/mol. The van der Waals surface area contributed by atoms with Gasteiger partial charge in [-0.25, -0.2) is 0 Å². The molecule has 1 heteroatoms. The summed E-state index contributed by atoms with van der Waals surface area (Å²) in [5, 5.41) is 0. The first-order chi connectivity index (χ1) is 8.09. The molecule has 1 nitrogen and oxygen atoms in total. The quantitative estimate of drug-likeness (QED) is 0.765. The van der Waals surface area contributed by atoms with Crippen molar-refractivity contribution < 1.29 is 0 Å². The van der Waals surface area contributed by atoms with Crippen molar-refractivity contribution in [3.8, 4) is 0 Å². The highest BCUT2D eigenvalue weighted by molar-refractivity contribution is 5.22. The predicted molar refractivity (Wildman–Crippen MR) is 74.2 cm³/mol. The van der Waals surface area contributed by atoms with Crippen LogP contribution in [0, 0.1) is 11.8 Å². The molecular weight excluding hydrogens is 206 g/mol. The maximum Gasteiger partial charge on any atom is 0.00563 e. The third-order valence-electron chi connectivity index (χ3n) is 4.21. The van der Waals surface area contributed by atoms with E-state index in [1.807, 2.05) is 0 Å². The Hall–Kier alpha value is -0.820. The third-order valence-corrected chi connectivity index (χ3v) is 4.21. The van der Waals surface area contributed by atoms with Gasteiger partial charge in [-0.05, 0) is 31.2 Å². The van der Waals surface area contributed by atoms with E-state index in [-0.39, 0.29) is 0 Å². The maximum absolute atomic E-state index is 2.63. The fraction of sp³-hybridized carbons (Fsp3) is 0.625. The van der Waals surface area contributed by atoms with E-state index in [0.29, 0.717) is 6.04 Å². The molecule has 0 amide bonds. The van der Waals surface area contributed by atoms with Crippen LogP contribution >= 0.6 is 0 Å². The Kier molecular flexibility index (Phi) is 3.88. The largest absolute Gasteiger partial charge is 0.300 e. The van der Waals surface area contributed by atoms with Crippen LogP contribution in [0.4, 0.5) is 0 Å². The number of likely N-dealkylation sites (tertiary alicyclic amines) is 1. The number of rotatable bonds is 3. The molecule has 1 aromatic rings. The highest BCUT2D eigenvalue weighted by Gasteiger charge is 2.36. The highest BCUT2D eigenvalue weighted by Crippen LogP contribution is 2.37. The first kappa shape index (κ1) is 12.6. The summed E-state index contributed by atoms with van der Waals surface area (Å²) in [4.78, 5) is 2.63. The number of benzene rings is 1. The van der Waals surface area contributed by atoms with E-state index in [9.17, 15) is 0 Å². The number of hydrogen-bond acceptors (Lipinski definition) is 1. The smallest absolute Gasteiger partial charge is 0.00563 e. The van der Waals surface area contributed by atoms with Gasteiger partial charge in [0.2, 0.25) is 0 Å². The van der Waals surface area contributed by atoms with Crippen molar-refractivity contribution in [2.75, 3.05) is 13.1 Å². The Morgan fingerprint density at radius 2 is 1.65 bits per heavy atom. The van der Waals surface area contributed by atoms with Crippen LogP contribution < -0.4 is 0 Å². The molecule has 0 aliphatic carbocycles. The Morgan fingerprint density at radius 1 is 1.00 bits per heavy atom. The zero-order valence-corrected chi connectivity index (χ0v) is 11.6. The van der Waals surface area contributed by atoms with Crippen molar-refractivity contribution >= 4 is 0 Å². The van der Waals surface area contributed by atoms with Crippen LogP contribution in [0.15, 0.2) is 30.3 Å². The van der Waals surface area contributed by atoms with Gasteiger partial charge in [-0.1, -0.05) is 44.2 Å². The zero-order valence-electron chi connectivity index (χ0n) is 11.6. The summed E-state index contributed by atoms with van der Waals surface area (Å²) in [6.07, 6.45) is 0. The molecule has 0 unspecified atom stereocenters. The molecule has 0 aromatic heterocycles. The van der Waals surface area contributed by atoms with Gasteiger partial charge in [0.05, 0.1) is 0 Å². The van der Waals surface area contributed by atoms with Crippen molar-refractivity contribution in [2.45, 2.75) is 39.7 Å². The van der Waals surface area contributed by atoms with Crippen LogP contribution in [0.25, 0.3) is 0 Å². The molecule has 2 atom stereocenters. The lowest BCUT2D eigenvalue weighted by atomic mass is 9.82. The van der Waals surface area contributed by atoms with Crippen molar-refractivity contribution in [1.82, 2.24) is 4.90 Å². The molecule has 1 aliphatic rings. The molecule has 0 saturated carbocycles. The molecule has 1 aliphatic heterocycles. The fourth-order valence-electron chi connectivity index (χ4n) is 3.01. The summed E-state index contributed by atoms with van der Waals surface area (Å²) in [5.74, 6) is 2.29. The first-order valence-electron chi connectivity index (χ1n) is 6.88. The van der Waals surface area contributed by atoms with Gasteiger partial charge in [-0.15, -0.1) is 0 Å². The normalized spacial score (nSPS) is 26.0. The van der Waals surface area contributed by atoms with Gasteiger partial charge in [0.25, 0.3) is 0 Å². The lowest BCUT2D eigenvalue weighted by molar-refractivity contribution is 0.253. The van der Waals surface area contributed by atoms with Gasteiger partial charge in [-0.3, -0.25) is 0 Å². The molecule has 1 fully saturated rings. The van der Waals surface area contributed by atoms with Gasteiger partial charge in [0.15, 0.2) is 0 Å². The molecule has 0 N–H and O–H groups in total. The highest BCUT2D eigenvalue weighted by atomic mass is 15.2. The minimum Gasteiger partial charge on any atom is -0.300 e. The van der Waals surface area contributed by atoms with E-state index in [0.717, 1.165) is 17.8 Å². The second-order valence-electron chi connectivity index (χ2n) is 5.97. The van der Waals surface area contributed by atoms with E-state index in [4.69, 9.17) is 0 Å². The SMILES string of the molecule is CC(C)[C@H]1CN(C(C)C)C[C@@H]1c1ccccc1. The van der Waals surface area contributed by atoms with Crippen molar-refractivity contribution in [3.63, 3.8) is 0 Å². The summed E-state index contributed by atoms with van der Waals surface area (Å²) in [7, 11) is 0. The van der Waals surface area contributed by atoms with E-state index in [1.54, 1.807) is 0 Å². The predicted octanol–water partition coefficient (Wildman–Crippen LogP) is 3.77. The Morgan fingerprint density at radius 3 is 2.18 bits per heavy atom. The van der Waals surface area contributed by atoms with Gasteiger partial charge < -0.3 is 4.90 Å². The summed E-state index contributed by atoms with van der Waals surface area (Å²) in [5.41, 5.74) is 1.52.